The number of hydrogen-bond donors (Lipinski definition) is 1. The van der Waals surface area contributed by atoms with Crippen LogP contribution in [0, 0.1) is 13.8 Å². The maximum Gasteiger partial charge on any atom is 0.227 e. The van der Waals surface area contributed by atoms with Gasteiger partial charge in [0.05, 0.1) is 5.56 Å². The summed E-state index contributed by atoms with van der Waals surface area (Å²) in [7, 11) is 0. The zero-order valence-electron chi connectivity index (χ0n) is 11.8. The van der Waals surface area contributed by atoms with Crippen LogP contribution in [-0.2, 0) is 0 Å². The smallest absolute Gasteiger partial charge is 0.227 e. The first-order valence-corrected chi connectivity index (χ1v) is 6.34. The van der Waals surface area contributed by atoms with E-state index in [1.54, 1.807) is 0 Å². The van der Waals surface area contributed by atoms with Crippen LogP contribution >= 0.6 is 0 Å². The monoisotopic (exact) mass is 257 g/mol. The molecule has 2 rings (SSSR count). The average molecular weight is 257 g/mol. The molecule has 1 aromatic heterocycles. The molecule has 2 N–H and O–H groups in total. The molecule has 4 nitrogen and oxygen atoms in total. The van der Waals surface area contributed by atoms with Crippen molar-refractivity contribution >= 4 is 5.82 Å². The highest BCUT2D eigenvalue weighted by molar-refractivity contribution is 5.45. The number of benzene rings is 1. The summed E-state index contributed by atoms with van der Waals surface area (Å²) < 4.78 is 5.77. The molecule has 4 heteroatoms. The Morgan fingerprint density at radius 3 is 2.53 bits per heavy atom. The van der Waals surface area contributed by atoms with Crippen molar-refractivity contribution in [3.63, 3.8) is 0 Å². The molecule has 1 heterocycles. The molecule has 0 unspecified atom stereocenters. The summed E-state index contributed by atoms with van der Waals surface area (Å²) in [4.78, 5) is 8.03. The van der Waals surface area contributed by atoms with Crippen LogP contribution in [0.1, 0.15) is 36.5 Å². The van der Waals surface area contributed by atoms with Crippen molar-refractivity contribution in [2.24, 2.45) is 0 Å². The van der Waals surface area contributed by atoms with Crippen LogP contribution in [0.2, 0.25) is 0 Å². The number of aromatic nitrogens is 2. The largest absolute Gasteiger partial charge is 0.439 e. The first-order chi connectivity index (χ1) is 8.99. The van der Waals surface area contributed by atoms with Crippen LogP contribution in [0.15, 0.2) is 24.5 Å². The summed E-state index contributed by atoms with van der Waals surface area (Å²) in [5.41, 5.74) is 9.03. The number of rotatable bonds is 3. The molecule has 1 aromatic carbocycles. The summed E-state index contributed by atoms with van der Waals surface area (Å²) in [6.45, 7) is 8.29. The minimum atomic E-state index is 0.445. The van der Waals surface area contributed by atoms with Crippen LogP contribution in [-0.4, -0.2) is 9.97 Å². The number of nitrogens with zero attached hydrogens (tertiary/aromatic N) is 2. The van der Waals surface area contributed by atoms with Gasteiger partial charge in [-0.1, -0.05) is 19.9 Å². The van der Waals surface area contributed by atoms with E-state index in [4.69, 9.17) is 10.5 Å². The first-order valence-electron chi connectivity index (χ1n) is 6.34. The molecule has 2 aromatic rings. The van der Waals surface area contributed by atoms with E-state index in [0.717, 1.165) is 11.3 Å². The zero-order valence-corrected chi connectivity index (χ0v) is 11.8. The van der Waals surface area contributed by atoms with Crippen molar-refractivity contribution in [2.45, 2.75) is 33.6 Å². The average Bonchev–Trinajstić information content (AvgIpc) is 2.34. The Hall–Kier alpha value is -2.10. The summed E-state index contributed by atoms with van der Waals surface area (Å²) in [5, 5.41) is 0. The molecular formula is C15H19N3O. The van der Waals surface area contributed by atoms with E-state index in [1.165, 1.54) is 17.5 Å². The predicted octanol–water partition coefficient (Wildman–Crippen LogP) is 3.59. The van der Waals surface area contributed by atoms with Gasteiger partial charge < -0.3 is 10.5 Å². The standard InChI is InChI=1S/C15H19N3O/c1-9(2)13-6-5-12(7-10(13)3)19-15-11(4)14(16)17-8-18-15/h5-9H,1-4H3,(H2,16,17,18). The second-order valence-corrected chi connectivity index (χ2v) is 4.96. The van der Waals surface area contributed by atoms with E-state index in [9.17, 15) is 0 Å². The molecule has 0 saturated carbocycles. The molecular weight excluding hydrogens is 238 g/mol. The van der Waals surface area contributed by atoms with E-state index in [-0.39, 0.29) is 0 Å². The number of hydrogen-bond acceptors (Lipinski definition) is 4. The van der Waals surface area contributed by atoms with E-state index in [0.29, 0.717) is 17.6 Å². The normalized spacial score (nSPS) is 10.8. The fraction of sp³-hybridized carbons (Fsp3) is 0.333. The van der Waals surface area contributed by atoms with Gasteiger partial charge in [0.15, 0.2) is 0 Å². The van der Waals surface area contributed by atoms with Gasteiger partial charge in [-0.25, -0.2) is 9.97 Å². The molecule has 0 radical (unpaired) electrons. The van der Waals surface area contributed by atoms with Gasteiger partial charge in [-0.2, -0.15) is 0 Å². The Balaban J connectivity index is 2.29. The Labute approximate surface area is 113 Å². The maximum absolute atomic E-state index is 5.77. The number of anilines is 1. The summed E-state index contributed by atoms with van der Waals surface area (Å²) >= 11 is 0. The molecule has 0 atom stereocenters. The summed E-state index contributed by atoms with van der Waals surface area (Å²) in [6, 6.07) is 6.07. The van der Waals surface area contributed by atoms with E-state index in [1.807, 2.05) is 19.1 Å². The van der Waals surface area contributed by atoms with E-state index < -0.39 is 0 Å². The van der Waals surface area contributed by atoms with Gasteiger partial charge in [-0.15, -0.1) is 0 Å². The molecule has 0 aliphatic heterocycles. The maximum atomic E-state index is 5.77. The van der Waals surface area contributed by atoms with Gasteiger partial charge in [0.1, 0.15) is 17.9 Å². The molecule has 0 amide bonds. The molecule has 0 saturated heterocycles. The highest BCUT2D eigenvalue weighted by Crippen LogP contribution is 2.28. The van der Waals surface area contributed by atoms with Gasteiger partial charge in [0.2, 0.25) is 5.88 Å². The molecule has 0 bridgehead atoms. The van der Waals surface area contributed by atoms with Crippen molar-refractivity contribution in [3.05, 3.63) is 41.2 Å². The fourth-order valence-corrected chi connectivity index (χ4v) is 2.02. The van der Waals surface area contributed by atoms with Crippen molar-refractivity contribution in [3.8, 4) is 11.6 Å². The molecule has 0 spiro atoms. The number of nitrogen functional groups attached to an aromatic ring is 1. The second kappa shape index (κ2) is 5.26. The van der Waals surface area contributed by atoms with Crippen LogP contribution in [0.4, 0.5) is 5.82 Å². The molecule has 0 aliphatic carbocycles. The lowest BCUT2D eigenvalue weighted by molar-refractivity contribution is 0.457. The Morgan fingerprint density at radius 1 is 1.16 bits per heavy atom. The molecule has 0 aliphatic rings. The van der Waals surface area contributed by atoms with Crippen LogP contribution < -0.4 is 10.5 Å². The Kier molecular flexibility index (Phi) is 3.69. The number of ether oxygens (including phenoxy) is 1. The zero-order chi connectivity index (χ0) is 14.0. The van der Waals surface area contributed by atoms with Gasteiger partial charge in [0, 0.05) is 0 Å². The topological polar surface area (TPSA) is 61.0 Å². The number of nitrogens with two attached hydrogens (primary N) is 1. The first kappa shape index (κ1) is 13.3. The third kappa shape index (κ3) is 2.84. The van der Waals surface area contributed by atoms with Crippen molar-refractivity contribution < 1.29 is 4.74 Å². The molecule has 19 heavy (non-hydrogen) atoms. The highest BCUT2D eigenvalue weighted by Gasteiger charge is 2.09. The lowest BCUT2D eigenvalue weighted by Crippen LogP contribution is -1.99. The van der Waals surface area contributed by atoms with Crippen molar-refractivity contribution in [1.29, 1.82) is 0 Å². The molecule has 0 fully saturated rings. The van der Waals surface area contributed by atoms with Crippen molar-refractivity contribution in [2.75, 3.05) is 5.73 Å². The highest BCUT2D eigenvalue weighted by atomic mass is 16.5. The summed E-state index contributed by atoms with van der Waals surface area (Å²) in [5.74, 6) is 2.22. The van der Waals surface area contributed by atoms with Crippen LogP contribution in [0.5, 0.6) is 11.6 Å². The minimum absolute atomic E-state index is 0.445. The molecule has 100 valence electrons. The lowest BCUT2D eigenvalue weighted by Gasteiger charge is -2.13. The van der Waals surface area contributed by atoms with Gasteiger partial charge in [-0.3, -0.25) is 0 Å². The lowest BCUT2D eigenvalue weighted by atomic mass is 9.98. The van der Waals surface area contributed by atoms with Gasteiger partial charge in [0.25, 0.3) is 0 Å². The quantitative estimate of drug-likeness (QED) is 0.912. The Bertz CT molecular complexity index is 594. The van der Waals surface area contributed by atoms with E-state index in [2.05, 4.69) is 36.8 Å². The van der Waals surface area contributed by atoms with Crippen molar-refractivity contribution in [1.82, 2.24) is 9.97 Å². The Morgan fingerprint density at radius 2 is 1.89 bits per heavy atom. The number of aryl methyl sites for hydroxylation is 1. The van der Waals surface area contributed by atoms with E-state index >= 15 is 0 Å². The third-order valence-corrected chi connectivity index (χ3v) is 3.15. The predicted molar refractivity (Wildman–Crippen MR) is 76.5 cm³/mol. The van der Waals surface area contributed by atoms with Gasteiger partial charge >= 0.3 is 0 Å². The van der Waals surface area contributed by atoms with Crippen LogP contribution in [0.3, 0.4) is 0 Å². The second-order valence-electron chi connectivity index (χ2n) is 4.96. The fourth-order valence-electron chi connectivity index (χ4n) is 2.02. The summed E-state index contributed by atoms with van der Waals surface area (Å²) in [6.07, 6.45) is 1.41. The SMILES string of the molecule is Cc1cc(Oc2ncnc(N)c2C)ccc1C(C)C. The van der Waals surface area contributed by atoms with Gasteiger partial charge in [-0.05, 0) is 43.0 Å². The van der Waals surface area contributed by atoms with Crippen LogP contribution in [0.25, 0.3) is 0 Å². The third-order valence-electron chi connectivity index (χ3n) is 3.15. The minimum Gasteiger partial charge on any atom is -0.439 e.